The van der Waals surface area contributed by atoms with Gasteiger partial charge in [-0.25, -0.2) is 0 Å². The highest BCUT2D eigenvalue weighted by molar-refractivity contribution is 5.39. The fraction of sp³-hybridized carbons (Fsp3) is 0.684. The molecular weight excluding hydrogens is 258 g/mol. The van der Waals surface area contributed by atoms with Gasteiger partial charge in [0.05, 0.1) is 6.10 Å². The second-order valence-corrected chi connectivity index (χ2v) is 6.83. The molecule has 0 aromatic heterocycles. The Morgan fingerprint density at radius 2 is 1.81 bits per heavy atom. The van der Waals surface area contributed by atoms with Crippen molar-refractivity contribution in [2.45, 2.75) is 59.5 Å². The average Bonchev–Trinajstić information content (AvgIpc) is 2.62. The van der Waals surface area contributed by atoms with Crippen LogP contribution in [-0.2, 0) is 0 Å². The molecule has 1 aliphatic heterocycles. The highest BCUT2D eigenvalue weighted by atomic mass is 16.3. The molecular formula is C19H31NO. The zero-order valence-electron chi connectivity index (χ0n) is 14.2. The Labute approximate surface area is 130 Å². The molecule has 2 atom stereocenters. The number of hydrogen-bond donors (Lipinski definition) is 1. The number of likely N-dealkylation sites (tertiary alicyclic amines) is 1. The predicted molar refractivity (Wildman–Crippen MR) is 89.7 cm³/mol. The number of aliphatic hydroxyl groups excluding tert-OH is 1. The molecule has 0 bridgehead atoms. The van der Waals surface area contributed by atoms with E-state index in [1.54, 1.807) is 0 Å². The van der Waals surface area contributed by atoms with E-state index in [2.05, 4.69) is 44.7 Å². The molecule has 1 saturated heterocycles. The summed E-state index contributed by atoms with van der Waals surface area (Å²) in [5.41, 5.74) is 4.86. The Kier molecular flexibility index (Phi) is 5.83. The van der Waals surface area contributed by atoms with Crippen LogP contribution in [0.2, 0.25) is 0 Å². The third kappa shape index (κ3) is 4.31. The van der Waals surface area contributed by atoms with Crippen LogP contribution in [0.1, 0.15) is 61.0 Å². The first-order chi connectivity index (χ1) is 10.0. The smallest absolute Gasteiger partial charge is 0.0922 e. The number of β-amino-alcohol motifs (C(OH)–C–C–N with tert-alkyl or cyclic N) is 1. The van der Waals surface area contributed by atoms with E-state index in [1.807, 2.05) is 0 Å². The molecule has 1 fully saturated rings. The van der Waals surface area contributed by atoms with Crippen LogP contribution >= 0.6 is 0 Å². The van der Waals surface area contributed by atoms with Crippen molar-refractivity contribution < 1.29 is 5.11 Å². The van der Waals surface area contributed by atoms with Crippen LogP contribution < -0.4 is 0 Å². The van der Waals surface area contributed by atoms with Crippen LogP contribution in [0.25, 0.3) is 0 Å². The Hall–Kier alpha value is -0.860. The molecule has 1 aromatic rings. The summed E-state index contributed by atoms with van der Waals surface area (Å²) in [6.45, 7) is 11.7. The van der Waals surface area contributed by atoms with Crippen LogP contribution in [0.4, 0.5) is 0 Å². The molecule has 0 aliphatic carbocycles. The summed E-state index contributed by atoms with van der Waals surface area (Å²) in [6, 6.07) is 4.36. The summed E-state index contributed by atoms with van der Waals surface area (Å²) in [4.78, 5) is 2.46. The maximum absolute atomic E-state index is 10.7. The maximum Gasteiger partial charge on any atom is 0.0922 e. The first-order valence-electron chi connectivity index (χ1n) is 8.49. The van der Waals surface area contributed by atoms with Crippen LogP contribution in [0.5, 0.6) is 0 Å². The van der Waals surface area contributed by atoms with Gasteiger partial charge in [0.15, 0.2) is 0 Å². The molecule has 0 radical (unpaired) electrons. The van der Waals surface area contributed by atoms with Gasteiger partial charge in [0, 0.05) is 6.54 Å². The number of benzene rings is 1. The zero-order chi connectivity index (χ0) is 15.4. The number of aliphatic hydroxyl groups is 1. The Morgan fingerprint density at radius 3 is 2.43 bits per heavy atom. The minimum atomic E-state index is -0.358. The molecule has 2 unspecified atom stereocenters. The first-order valence-corrected chi connectivity index (χ1v) is 8.49. The molecule has 118 valence electrons. The molecule has 21 heavy (non-hydrogen) atoms. The van der Waals surface area contributed by atoms with Crippen molar-refractivity contribution in [3.63, 3.8) is 0 Å². The van der Waals surface area contributed by atoms with Crippen LogP contribution in [-0.4, -0.2) is 29.6 Å². The summed E-state index contributed by atoms with van der Waals surface area (Å²) in [7, 11) is 0. The highest BCUT2D eigenvalue weighted by Crippen LogP contribution is 2.26. The van der Waals surface area contributed by atoms with E-state index in [-0.39, 0.29) is 6.10 Å². The largest absolute Gasteiger partial charge is 0.387 e. The van der Waals surface area contributed by atoms with Gasteiger partial charge in [-0.3, -0.25) is 0 Å². The third-order valence-corrected chi connectivity index (χ3v) is 5.02. The van der Waals surface area contributed by atoms with Gasteiger partial charge >= 0.3 is 0 Å². The molecule has 0 spiro atoms. The zero-order valence-corrected chi connectivity index (χ0v) is 14.2. The summed E-state index contributed by atoms with van der Waals surface area (Å²) >= 11 is 0. The maximum atomic E-state index is 10.7. The lowest BCUT2D eigenvalue weighted by Crippen LogP contribution is -2.30. The second kappa shape index (κ2) is 7.42. The fourth-order valence-corrected chi connectivity index (χ4v) is 3.87. The predicted octanol–water partition coefficient (Wildman–Crippen LogP) is 4.16. The van der Waals surface area contributed by atoms with Crippen molar-refractivity contribution in [1.82, 2.24) is 4.90 Å². The lowest BCUT2D eigenvalue weighted by molar-refractivity contribution is 0.113. The topological polar surface area (TPSA) is 23.5 Å². The Balaban J connectivity index is 2.03. The van der Waals surface area contributed by atoms with Gasteiger partial charge in [0.25, 0.3) is 0 Å². The molecule has 2 nitrogen and oxygen atoms in total. The standard InChI is InChI=1S/C19H31NO/c1-5-17-7-6-9-20(10-8-17)13-18(21)19-15(3)11-14(2)12-16(19)4/h11-12,17-18,21H,5-10,13H2,1-4H3. The second-order valence-electron chi connectivity index (χ2n) is 6.83. The number of nitrogens with zero attached hydrogens (tertiary/aromatic N) is 1. The molecule has 1 aliphatic rings. The Bertz CT molecular complexity index is 446. The van der Waals surface area contributed by atoms with Gasteiger partial charge in [-0.15, -0.1) is 0 Å². The van der Waals surface area contributed by atoms with Gasteiger partial charge in [0.1, 0.15) is 0 Å². The Morgan fingerprint density at radius 1 is 1.14 bits per heavy atom. The highest BCUT2D eigenvalue weighted by Gasteiger charge is 2.20. The third-order valence-electron chi connectivity index (χ3n) is 5.02. The number of rotatable bonds is 4. The lowest BCUT2D eigenvalue weighted by atomic mass is 9.95. The monoisotopic (exact) mass is 289 g/mol. The van der Waals surface area contributed by atoms with E-state index in [1.165, 1.54) is 42.4 Å². The van der Waals surface area contributed by atoms with E-state index in [0.29, 0.717) is 0 Å². The summed E-state index contributed by atoms with van der Waals surface area (Å²) < 4.78 is 0. The van der Waals surface area contributed by atoms with Gasteiger partial charge in [-0.2, -0.15) is 0 Å². The van der Waals surface area contributed by atoms with Gasteiger partial charge in [0.2, 0.25) is 0 Å². The van der Waals surface area contributed by atoms with Crippen molar-refractivity contribution in [3.8, 4) is 0 Å². The molecule has 1 heterocycles. The van der Waals surface area contributed by atoms with E-state index in [0.717, 1.165) is 31.1 Å². The normalized spacial score (nSPS) is 22.0. The minimum Gasteiger partial charge on any atom is -0.387 e. The average molecular weight is 289 g/mol. The van der Waals surface area contributed by atoms with E-state index >= 15 is 0 Å². The number of aryl methyl sites for hydroxylation is 3. The van der Waals surface area contributed by atoms with Crippen molar-refractivity contribution in [2.24, 2.45) is 5.92 Å². The summed E-state index contributed by atoms with van der Waals surface area (Å²) in [6.07, 6.45) is 4.86. The van der Waals surface area contributed by atoms with Gasteiger partial charge in [-0.1, -0.05) is 31.0 Å². The summed E-state index contributed by atoms with van der Waals surface area (Å²) in [5.74, 6) is 0.884. The minimum absolute atomic E-state index is 0.358. The van der Waals surface area contributed by atoms with Crippen molar-refractivity contribution in [2.75, 3.05) is 19.6 Å². The van der Waals surface area contributed by atoms with Gasteiger partial charge in [-0.05, 0) is 75.7 Å². The first kappa shape index (κ1) is 16.5. The fourth-order valence-electron chi connectivity index (χ4n) is 3.87. The van der Waals surface area contributed by atoms with E-state index in [9.17, 15) is 5.11 Å². The van der Waals surface area contributed by atoms with Crippen LogP contribution in [0.15, 0.2) is 12.1 Å². The van der Waals surface area contributed by atoms with E-state index < -0.39 is 0 Å². The molecule has 1 aromatic carbocycles. The van der Waals surface area contributed by atoms with E-state index in [4.69, 9.17) is 0 Å². The van der Waals surface area contributed by atoms with Crippen molar-refractivity contribution >= 4 is 0 Å². The van der Waals surface area contributed by atoms with Crippen molar-refractivity contribution in [1.29, 1.82) is 0 Å². The van der Waals surface area contributed by atoms with Crippen LogP contribution in [0.3, 0.4) is 0 Å². The molecule has 2 heteroatoms. The number of hydrogen-bond acceptors (Lipinski definition) is 2. The molecule has 2 rings (SSSR count). The lowest BCUT2D eigenvalue weighted by Gasteiger charge is -2.25. The molecule has 0 amide bonds. The molecule has 0 saturated carbocycles. The summed E-state index contributed by atoms with van der Waals surface area (Å²) in [5, 5.41) is 10.7. The molecule has 1 N–H and O–H groups in total. The van der Waals surface area contributed by atoms with Crippen molar-refractivity contribution in [3.05, 3.63) is 34.4 Å². The quantitative estimate of drug-likeness (QED) is 0.899. The SMILES string of the molecule is CCC1CCCN(CC(O)c2c(C)cc(C)cc2C)CC1. The van der Waals surface area contributed by atoms with Gasteiger partial charge < -0.3 is 10.0 Å². The van der Waals surface area contributed by atoms with Crippen LogP contribution in [0, 0.1) is 26.7 Å².